The average Bonchev–Trinajstić information content (AvgIpc) is 2.03. The van der Waals surface area contributed by atoms with Crippen LogP contribution in [0.1, 0.15) is 0 Å². The van der Waals surface area contributed by atoms with E-state index in [0.717, 1.165) is 18.4 Å². The number of carboxylic acid groups (broad SMARTS) is 1. The van der Waals surface area contributed by atoms with Crippen molar-refractivity contribution in [3.05, 3.63) is 23.9 Å². The maximum absolute atomic E-state index is 12.0. The number of nitrogens with zero attached hydrogens (tertiary/aromatic N) is 1. The van der Waals surface area contributed by atoms with E-state index in [0.29, 0.717) is 0 Å². The zero-order chi connectivity index (χ0) is 10.1. The number of halogens is 3. The minimum Gasteiger partial charge on any atom is -0.478 e. The van der Waals surface area contributed by atoms with E-state index in [9.17, 15) is 18.0 Å². The van der Waals surface area contributed by atoms with Crippen molar-refractivity contribution in [3.8, 4) is 0 Å². The number of allylic oxidation sites excluding steroid dienone is 2. The van der Waals surface area contributed by atoms with Gasteiger partial charge in [0, 0.05) is 6.20 Å². The first-order chi connectivity index (χ1) is 5.91. The second-order valence-corrected chi connectivity index (χ2v) is 2.43. The molecule has 0 aliphatic carbocycles. The summed E-state index contributed by atoms with van der Waals surface area (Å²) in [7, 11) is 0. The molecule has 1 aliphatic rings. The van der Waals surface area contributed by atoms with Crippen molar-refractivity contribution in [1.29, 1.82) is 0 Å². The summed E-state index contributed by atoms with van der Waals surface area (Å²) in [4.78, 5) is 10.3. The van der Waals surface area contributed by atoms with Crippen LogP contribution in [0.25, 0.3) is 0 Å². The van der Waals surface area contributed by atoms with Crippen LogP contribution in [0.2, 0.25) is 0 Å². The Kier molecular flexibility index (Phi) is 2.31. The molecule has 0 aromatic heterocycles. The molecule has 72 valence electrons. The Morgan fingerprint density at radius 3 is 2.62 bits per heavy atom. The Hall–Kier alpha value is -1.46. The quantitative estimate of drug-likeness (QED) is 0.639. The smallest absolute Gasteiger partial charge is 0.478 e. The molecule has 0 radical (unpaired) electrons. The third-order valence-electron chi connectivity index (χ3n) is 1.50. The lowest BCUT2D eigenvalue weighted by molar-refractivity contribution is -0.225. The Balaban J connectivity index is 2.76. The van der Waals surface area contributed by atoms with Gasteiger partial charge in [0.15, 0.2) is 0 Å². The minimum absolute atomic E-state index is 0.0104. The van der Waals surface area contributed by atoms with E-state index in [-0.39, 0.29) is 10.5 Å². The molecule has 0 spiro atoms. The second kappa shape index (κ2) is 3.12. The highest BCUT2D eigenvalue weighted by molar-refractivity contribution is 5.87. The predicted octanol–water partition coefficient (Wildman–Crippen LogP) is 1.35. The standard InChI is InChI=1S/C7H6F3NO2/c8-7(9,10)11-3-1-2-5(4-11)6(12)13/h1-3H,4H2,(H,12,13). The number of alkyl halides is 3. The topological polar surface area (TPSA) is 40.5 Å². The van der Waals surface area contributed by atoms with Crippen LogP contribution in [-0.2, 0) is 4.79 Å². The monoisotopic (exact) mass is 193 g/mol. The summed E-state index contributed by atoms with van der Waals surface area (Å²) in [5.74, 6) is -1.33. The Bertz CT molecular complexity index is 280. The summed E-state index contributed by atoms with van der Waals surface area (Å²) in [6.45, 7) is -0.644. The van der Waals surface area contributed by atoms with Gasteiger partial charge in [-0.3, -0.25) is 4.90 Å². The lowest BCUT2D eigenvalue weighted by Crippen LogP contribution is -2.37. The molecule has 1 heterocycles. The van der Waals surface area contributed by atoms with E-state index in [2.05, 4.69) is 0 Å². The molecule has 13 heavy (non-hydrogen) atoms. The van der Waals surface area contributed by atoms with Gasteiger partial charge in [-0.25, -0.2) is 4.79 Å². The SMILES string of the molecule is O=C(O)C1=CC=CN(C(F)(F)F)C1. The highest BCUT2D eigenvalue weighted by Gasteiger charge is 2.36. The van der Waals surface area contributed by atoms with Gasteiger partial charge in [0.25, 0.3) is 0 Å². The van der Waals surface area contributed by atoms with Crippen LogP contribution in [-0.4, -0.2) is 28.8 Å². The molecule has 3 nitrogen and oxygen atoms in total. The molecule has 0 bridgehead atoms. The largest absolute Gasteiger partial charge is 0.484 e. The normalized spacial score (nSPS) is 17.2. The second-order valence-electron chi connectivity index (χ2n) is 2.43. The van der Waals surface area contributed by atoms with Gasteiger partial charge in [-0.15, -0.1) is 0 Å². The van der Waals surface area contributed by atoms with Crippen molar-refractivity contribution in [1.82, 2.24) is 4.90 Å². The van der Waals surface area contributed by atoms with E-state index in [1.165, 1.54) is 0 Å². The molecule has 1 N–H and O–H groups in total. The highest BCUT2D eigenvalue weighted by Crippen LogP contribution is 2.24. The van der Waals surface area contributed by atoms with Crippen LogP contribution in [0.3, 0.4) is 0 Å². The maximum Gasteiger partial charge on any atom is 0.484 e. The fourth-order valence-electron chi connectivity index (χ4n) is 0.865. The van der Waals surface area contributed by atoms with Crippen LogP contribution in [0.4, 0.5) is 13.2 Å². The molecule has 0 fully saturated rings. The minimum atomic E-state index is -4.52. The van der Waals surface area contributed by atoms with Crippen molar-refractivity contribution in [2.24, 2.45) is 0 Å². The molecule has 6 heteroatoms. The van der Waals surface area contributed by atoms with E-state index in [1.54, 1.807) is 0 Å². The van der Waals surface area contributed by atoms with Gasteiger partial charge in [0.2, 0.25) is 0 Å². The van der Waals surface area contributed by atoms with Gasteiger partial charge >= 0.3 is 12.3 Å². The van der Waals surface area contributed by atoms with Crippen molar-refractivity contribution >= 4 is 5.97 Å². The Morgan fingerprint density at radius 2 is 2.15 bits per heavy atom. The number of carbonyl (C=O) groups is 1. The van der Waals surface area contributed by atoms with Crippen LogP contribution in [0, 0.1) is 0 Å². The highest BCUT2D eigenvalue weighted by atomic mass is 19.4. The van der Waals surface area contributed by atoms with Crippen molar-refractivity contribution in [2.75, 3.05) is 6.54 Å². The lowest BCUT2D eigenvalue weighted by atomic mass is 10.2. The molecular formula is C7H6F3NO2. The number of aliphatic carboxylic acids is 1. The fourth-order valence-corrected chi connectivity index (χ4v) is 0.865. The summed E-state index contributed by atoms with van der Waals surface area (Å²) >= 11 is 0. The molecule has 0 saturated carbocycles. The molecule has 1 rings (SSSR count). The fraction of sp³-hybridized carbons (Fsp3) is 0.286. The number of hydrogen-bond donors (Lipinski definition) is 1. The molecule has 0 aromatic rings. The summed E-state index contributed by atoms with van der Waals surface area (Å²) in [6.07, 6.45) is -1.52. The summed E-state index contributed by atoms with van der Waals surface area (Å²) in [5.41, 5.74) is -0.278. The van der Waals surface area contributed by atoms with Gasteiger partial charge in [0.05, 0.1) is 12.1 Å². The summed E-state index contributed by atoms with van der Waals surface area (Å²) in [5, 5.41) is 8.43. The third-order valence-corrected chi connectivity index (χ3v) is 1.50. The van der Waals surface area contributed by atoms with Crippen LogP contribution >= 0.6 is 0 Å². The molecule has 0 aromatic carbocycles. The van der Waals surface area contributed by atoms with E-state index >= 15 is 0 Å². The third kappa shape index (κ3) is 2.24. The Labute approximate surface area is 71.8 Å². The van der Waals surface area contributed by atoms with Crippen LogP contribution < -0.4 is 0 Å². The first kappa shape index (κ1) is 9.63. The van der Waals surface area contributed by atoms with Gasteiger partial charge in [-0.1, -0.05) is 0 Å². The van der Waals surface area contributed by atoms with Gasteiger partial charge in [0.1, 0.15) is 0 Å². The zero-order valence-electron chi connectivity index (χ0n) is 6.38. The molecule has 0 atom stereocenters. The van der Waals surface area contributed by atoms with Gasteiger partial charge in [-0.05, 0) is 12.2 Å². The molecule has 1 aliphatic heterocycles. The zero-order valence-corrected chi connectivity index (χ0v) is 6.38. The molecular weight excluding hydrogens is 187 g/mol. The van der Waals surface area contributed by atoms with Crippen molar-refractivity contribution in [3.63, 3.8) is 0 Å². The first-order valence-corrected chi connectivity index (χ1v) is 3.35. The summed E-state index contributed by atoms with van der Waals surface area (Å²) in [6, 6.07) is 0. The number of rotatable bonds is 1. The van der Waals surface area contributed by atoms with Crippen LogP contribution in [0.5, 0.6) is 0 Å². The molecule has 0 saturated heterocycles. The maximum atomic E-state index is 12.0. The number of carboxylic acids is 1. The molecule has 0 unspecified atom stereocenters. The lowest BCUT2D eigenvalue weighted by Gasteiger charge is -2.24. The van der Waals surface area contributed by atoms with Crippen LogP contribution in [0.15, 0.2) is 23.9 Å². The van der Waals surface area contributed by atoms with E-state index in [4.69, 9.17) is 5.11 Å². The van der Waals surface area contributed by atoms with Crippen molar-refractivity contribution in [2.45, 2.75) is 6.30 Å². The van der Waals surface area contributed by atoms with E-state index < -0.39 is 18.8 Å². The van der Waals surface area contributed by atoms with Gasteiger partial charge < -0.3 is 5.11 Å². The van der Waals surface area contributed by atoms with Gasteiger partial charge in [-0.2, -0.15) is 13.2 Å². The Morgan fingerprint density at radius 1 is 1.54 bits per heavy atom. The molecule has 0 amide bonds. The average molecular weight is 193 g/mol. The number of hydrogen-bond acceptors (Lipinski definition) is 2. The predicted molar refractivity (Wildman–Crippen MR) is 37.6 cm³/mol. The summed E-state index contributed by atoms with van der Waals surface area (Å²) < 4.78 is 36.1. The van der Waals surface area contributed by atoms with E-state index in [1.807, 2.05) is 0 Å². The van der Waals surface area contributed by atoms with Crippen molar-refractivity contribution < 1.29 is 23.1 Å². The first-order valence-electron chi connectivity index (χ1n) is 3.35.